The van der Waals surface area contributed by atoms with E-state index in [0.29, 0.717) is 25.3 Å². The van der Waals surface area contributed by atoms with Gasteiger partial charge in [0, 0.05) is 44.6 Å². The number of aromatic nitrogens is 2. The Morgan fingerprint density at radius 2 is 1.89 bits per heavy atom. The summed E-state index contributed by atoms with van der Waals surface area (Å²) < 4.78 is 6.89. The number of rotatable bonds is 7. The summed E-state index contributed by atoms with van der Waals surface area (Å²) in [6.07, 6.45) is 3.67. The molecule has 0 aliphatic carbocycles. The van der Waals surface area contributed by atoms with Gasteiger partial charge in [0.25, 0.3) is 5.91 Å². The lowest BCUT2D eigenvalue weighted by Gasteiger charge is -2.22. The number of carbonyl (C=O) groups is 1. The number of hydrogen-bond donors (Lipinski definition) is 1. The SMILES string of the molecule is COCCN(Cc1cnn(C)c1)C(=O)c1ccc(-c2ccc(O)c(C)c2)cc1. The van der Waals surface area contributed by atoms with E-state index >= 15 is 0 Å². The molecule has 1 amide bonds. The Hall–Kier alpha value is -3.12. The summed E-state index contributed by atoms with van der Waals surface area (Å²) in [6, 6.07) is 13.0. The fraction of sp³-hybridized carbons (Fsp3) is 0.273. The molecular formula is C22H25N3O3. The summed E-state index contributed by atoms with van der Waals surface area (Å²) in [4.78, 5) is 14.8. The van der Waals surface area contributed by atoms with Crippen molar-refractivity contribution >= 4 is 5.91 Å². The lowest BCUT2D eigenvalue weighted by Crippen LogP contribution is -2.33. The van der Waals surface area contributed by atoms with Crippen molar-refractivity contribution in [3.63, 3.8) is 0 Å². The first-order chi connectivity index (χ1) is 13.5. The molecule has 146 valence electrons. The molecule has 0 aliphatic heterocycles. The predicted octanol–water partition coefficient (Wildman–Crippen LogP) is 3.39. The van der Waals surface area contributed by atoms with Crippen LogP contribution in [-0.2, 0) is 18.3 Å². The molecule has 28 heavy (non-hydrogen) atoms. The zero-order valence-electron chi connectivity index (χ0n) is 16.4. The average molecular weight is 379 g/mol. The van der Waals surface area contributed by atoms with Gasteiger partial charge < -0.3 is 14.7 Å². The summed E-state index contributed by atoms with van der Waals surface area (Å²) in [7, 11) is 3.48. The van der Waals surface area contributed by atoms with Crippen LogP contribution in [0, 0.1) is 6.92 Å². The molecule has 0 fully saturated rings. The van der Waals surface area contributed by atoms with Crippen LogP contribution in [0.1, 0.15) is 21.5 Å². The summed E-state index contributed by atoms with van der Waals surface area (Å²) in [5.74, 6) is 0.231. The van der Waals surface area contributed by atoms with Crippen LogP contribution in [0.15, 0.2) is 54.9 Å². The zero-order chi connectivity index (χ0) is 20.1. The quantitative estimate of drug-likeness (QED) is 0.683. The van der Waals surface area contributed by atoms with Crippen LogP contribution in [0.2, 0.25) is 0 Å². The van der Waals surface area contributed by atoms with Gasteiger partial charge in [0.15, 0.2) is 0 Å². The molecule has 1 heterocycles. The number of methoxy groups -OCH3 is 1. The summed E-state index contributed by atoms with van der Waals surface area (Å²) in [6.45, 7) is 3.32. The molecule has 6 heteroatoms. The highest BCUT2D eigenvalue weighted by Crippen LogP contribution is 2.26. The van der Waals surface area contributed by atoms with E-state index in [1.807, 2.05) is 56.6 Å². The number of amides is 1. The van der Waals surface area contributed by atoms with Crippen molar-refractivity contribution in [1.82, 2.24) is 14.7 Å². The van der Waals surface area contributed by atoms with Gasteiger partial charge in [-0.1, -0.05) is 18.2 Å². The first kappa shape index (κ1) is 19.6. The summed E-state index contributed by atoms with van der Waals surface area (Å²) in [5, 5.41) is 13.9. The standard InChI is InChI=1S/C22H25N3O3/c1-16-12-20(8-9-21(16)26)18-4-6-19(7-5-18)22(27)25(10-11-28-3)15-17-13-23-24(2)14-17/h4-9,12-14,26H,10-11,15H2,1-3H3. The zero-order valence-corrected chi connectivity index (χ0v) is 16.4. The maximum absolute atomic E-state index is 13.0. The van der Waals surface area contributed by atoms with Crippen molar-refractivity contribution in [3.8, 4) is 16.9 Å². The summed E-state index contributed by atoms with van der Waals surface area (Å²) in [5.41, 5.74) is 4.42. The molecule has 1 aromatic heterocycles. The van der Waals surface area contributed by atoms with E-state index in [4.69, 9.17) is 4.74 Å². The van der Waals surface area contributed by atoms with Crippen LogP contribution >= 0.6 is 0 Å². The second-order valence-corrected chi connectivity index (χ2v) is 6.82. The molecule has 0 spiro atoms. The molecule has 0 aliphatic rings. The van der Waals surface area contributed by atoms with Crippen molar-refractivity contribution in [1.29, 1.82) is 0 Å². The van der Waals surface area contributed by atoms with Crippen molar-refractivity contribution in [2.24, 2.45) is 7.05 Å². The van der Waals surface area contributed by atoms with E-state index in [0.717, 1.165) is 22.3 Å². The first-order valence-electron chi connectivity index (χ1n) is 9.13. The number of nitrogens with zero attached hydrogens (tertiary/aromatic N) is 3. The van der Waals surface area contributed by atoms with Gasteiger partial charge in [-0.15, -0.1) is 0 Å². The number of hydrogen-bond acceptors (Lipinski definition) is 4. The number of carbonyl (C=O) groups excluding carboxylic acids is 1. The van der Waals surface area contributed by atoms with Crippen LogP contribution in [0.5, 0.6) is 5.75 Å². The van der Waals surface area contributed by atoms with Gasteiger partial charge in [0.05, 0.1) is 12.8 Å². The molecule has 0 atom stereocenters. The third-order valence-corrected chi connectivity index (χ3v) is 4.65. The van der Waals surface area contributed by atoms with Gasteiger partial charge in [-0.3, -0.25) is 9.48 Å². The lowest BCUT2D eigenvalue weighted by atomic mass is 10.0. The highest BCUT2D eigenvalue weighted by atomic mass is 16.5. The highest BCUT2D eigenvalue weighted by molar-refractivity contribution is 5.94. The molecule has 0 radical (unpaired) electrons. The third kappa shape index (κ3) is 4.58. The number of benzene rings is 2. The van der Waals surface area contributed by atoms with E-state index in [1.54, 1.807) is 29.0 Å². The van der Waals surface area contributed by atoms with Crippen LogP contribution in [-0.4, -0.2) is 46.0 Å². The lowest BCUT2D eigenvalue weighted by molar-refractivity contribution is 0.0680. The molecule has 0 saturated carbocycles. The molecule has 0 saturated heterocycles. The molecule has 6 nitrogen and oxygen atoms in total. The monoisotopic (exact) mass is 379 g/mol. The van der Waals surface area contributed by atoms with Gasteiger partial charge in [-0.2, -0.15) is 5.10 Å². The minimum atomic E-state index is -0.0469. The molecule has 3 aromatic rings. The molecule has 3 rings (SSSR count). The first-order valence-corrected chi connectivity index (χ1v) is 9.13. The number of ether oxygens (including phenoxy) is 1. The van der Waals surface area contributed by atoms with E-state index in [1.165, 1.54) is 0 Å². The van der Waals surface area contributed by atoms with Gasteiger partial charge in [-0.05, 0) is 47.9 Å². The van der Waals surface area contributed by atoms with Gasteiger partial charge in [0.1, 0.15) is 5.75 Å². The molecular weight excluding hydrogens is 354 g/mol. The highest BCUT2D eigenvalue weighted by Gasteiger charge is 2.17. The molecule has 0 bridgehead atoms. The normalized spacial score (nSPS) is 10.8. The van der Waals surface area contributed by atoms with Crippen molar-refractivity contribution in [2.45, 2.75) is 13.5 Å². The molecule has 0 unspecified atom stereocenters. The molecule has 1 N–H and O–H groups in total. The smallest absolute Gasteiger partial charge is 0.254 e. The van der Waals surface area contributed by atoms with Crippen LogP contribution in [0.3, 0.4) is 0 Å². The summed E-state index contributed by atoms with van der Waals surface area (Å²) >= 11 is 0. The fourth-order valence-electron chi connectivity index (χ4n) is 3.05. The number of aromatic hydroxyl groups is 1. The topological polar surface area (TPSA) is 67.6 Å². The van der Waals surface area contributed by atoms with E-state index in [2.05, 4.69) is 5.10 Å². The van der Waals surface area contributed by atoms with Crippen LogP contribution < -0.4 is 0 Å². The Bertz CT molecular complexity index is 948. The second kappa shape index (κ2) is 8.71. The van der Waals surface area contributed by atoms with Gasteiger partial charge >= 0.3 is 0 Å². The minimum Gasteiger partial charge on any atom is -0.508 e. The van der Waals surface area contributed by atoms with Crippen LogP contribution in [0.4, 0.5) is 0 Å². The maximum atomic E-state index is 13.0. The Morgan fingerprint density at radius 1 is 1.18 bits per heavy atom. The largest absolute Gasteiger partial charge is 0.508 e. The predicted molar refractivity (Wildman–Crippen MR) is 108 cm³/mol. The number of phenols is 1. The average Bonchev–Trinajstić information content (AvgIpc) is 3.11. The minimum absolute atomic E-state index is 0.0469. The number of phenolic OH excluding ortho intramolecular Hbond substituents is 1. The maximum Gasteiger partial charge on any atom is 0.254 e. The Morgan fingerprint density at radius 3 is 2.50 bits per heavy atom. The Labute approximate surface area is 165 Å². The Balaban J connectivity index is 1.79. The third-order valence-electron chi connectivity index (χ3n) is 4.65. The second-order valence-electron chi connectivity index (χ2n) is 6.82. The van der Waals surface area contributed by atoms with E-state index in [-0.39, 0.29) is 11.7 Å². The Kier molecular flexibility index (Phi) is 6.11. The van der Waals surface area contributed by atoms with Crippen molar-refractivity contribution in [3.05, 3.63) is 71.5 Å². The number of aryl methyl sites for hydroxylation is 2. The van der Waals surface area contributed by atoms with Gasteiger partial charge in [-0.25, -0.2) is 0 Å². The molecule has 2 aromatic carbocycles. The van der Waals surface area contributed by atoms with Crippen LogP contribution in [0.25, 0.3) is 11.1 Å². The van der Waals surface area contributed by atoms with Gasteiger partial charge in [0.2, 0.25) is 0 Å². The van der Waals surface area contributed by atoms with Crippen molar-refractivity contribution < 1.29 is 14.6 Å². The van der Waals surface area contributed by atoms with Crippen molar-refractivity contribution in [2.75, 3.05) is 20.3 Å². The fourth-order valence-corrected chi connectivity index (χ4v) is 3.05. The van der Waals surface area contributed by atoms with E-state index in [9.17, 15) is 9.90 Å². The van der Waals surface area contributed by atoms with E-state index < -0.39 is 0 Å².